The van der Waals surface area contributed by atoms with Crippen molar-refractivity contribution in [2.75, 3.05) is 17.2 Å². The van der Waals surface area contributed by atoms with E-state index in [4.69, 9.17) is 4.74 Å². The van der Waals surface area contributed by atoms with E-state index in [1.807, 2.05) is 0 Å². The van der Waals surface area contributed by atoms with E-state index in [1.54, 1.807) is 45.3 Å². The topological polar surface area (TPSA) is 92.3 Å². The van der Waals surface area contributed by atoms with Crippen LogP contribution in [0.3, 0.4) is 0 Å². The average Bonchev–Trinajstić information content (AvgIpc) is 2.60. The fraction of sp³-hybridized carbons (Fsp3) is 0.350. The molecule has 0 aliphatic heterocycles. The van der Waals surface area contributed by atoms with Crippen LogP contribution in [0.4, 0.5) is 26.2 Å². The van der Waals surface area contributed by atoms with Crippen molar-refractivity contribution in [2.24, 2.45) is 0 Å². The highest BCUT2D eigenvalue weighted by molar-refractivity contribution is 5.94. The molecule has 0 bridgehead atoms. The number of halogens is 1. The van der Waals surface area contributed by atoms with Crippen LogP contribution >= 0.6 is 0 Å². The van der Waals surface area contributed by atoms with Gasteiger partial charge in [0.1, 0.15) is 11.4 Å². The smallest absolute Gasteiger partial charge is 0.407 e. The van der Waals surface area contributed by atoms with Gasteiger partial charge in [-0.2, -0.15) is 0 Å². The van der Waals surface area contributed by atoms with Crippen molar-refractivity contribution in [1.82, 2.24) is 10.3 Å². The molecule has 0 aliphatic carbocycles. The molecule has 150 valence electrons. The first-order valence-electron chi connectivity index (χ1n) is 8.96. The number of carbonyl (C=O) groups excluding carboxylic acids is 2. The minimum atomic E-state index is -0.568. The molecule has 8 heteroatoms. The van der Waals surface area contributed by atoms with Gasteiger partial charge >= 0.3 is 6.09 Å². The molecular formula is C20H25FN4O3. The maximum absolute atomic E-state index is 13.6. The van der Waals surface area contributed by atoms with Gasteiger partial charge in [0.15, 0.2) is 0 Å². The Hall–Kier alpha value is -3.16. The van der Waals surface area contributed by atoms with Crippen molar-refractivity contribution in [3.63, 3.8) is 0 Å². The maximum atomic E-state index is 13.6. The summed E-state index contributed by atoms with van der Waals surface area (Å²) in [5.41, 5.74) is 0.982. The third-order valence-corrected chi connectivity index (χ3v) is 3.45. The molecule has 1 heterocycles. The summed E-state index contributed by atoms with van der Waals surface area (Å²) in [4.78, 5) is 27.7. The number of hydrogen-bond acceptors (Lipinski definition) is 5. The summed E-state index contributed by atoms with van der Waals surface area (Å²) in [6.45, 7) is 5.64. The lowest BCUT2D eigenvalue weighted by Crippen LogP contribution is -2.33. The van der Waals surface area contributed by atoms with E-state index >= 15 is 0 Å². The van der Waals surface area contributed by atoms with Crippen molar-refractivity contribution in [2.45, 2.75) is 39.2 Å². The Kier molecular flexibility index (Phi) is 7.31. The summed E-state index contributed by atoms with van der Waals surface area (Å²) in [5, 5.41) is 8.38. The number of amides is 2. The number of carbonyl (C=O) groups is 2. The monoisotopic (exact) mass is 388 g/mol. The van der Waals surface area contributed by atoms with Gasteiger partial charge in [-0.15, -0.1) is 0 Å². The molecular weight excluding hydrogens is 363 g/mol. The van der Waals surface area contributed by atoms with Crippen LogP contribution in [0.15, 0.2) is 42.7 Å². The Morgan fingerprint density at radius 2 is 1.96 bits per heavy atom. The fourth-order valence-corrected chi connectivity index (χ4v) is 2.29. The molecule has 0 aliphatic rings. The summed E-state index contributed by atoms with van der Waals surface area (Å²) in [6, 6.07) is 7.59. The first-order chi connectivity index (χ1) is 13.2. The van der Waals surface area contributed by atoms with E-state index in [-0.39, 0.29) is 12.3 Å². The lowest BCUT2D eigenvalue weighted by atomic mass is 10.2. The van der Waals surface area contributed by atoms with Gasteiger partial charge in [0.2, 0.25) is 5.91 Å². The second kappa shape index (κ2) is 9.68. The fourth-order valence-electron chi connectivity index (χ4n) is 2.29. The molecule has 0 spiro atoms. The molecule has 1 aromatic carbocycles. The Bertz CT molecular complexity index is 807. The molecule has 2 aromatic rings. The summed E-state index contributed by atoms with van der Waals surface area (Å²) in [6.07, 6.45) is 3.34. The van der Waals surface area contributed by atoms with E-state index < -0.39 is 17.5 Å². The minimum Gasteiger partial charge on any atom is -0.444 e. The highest BCUT2D eigenvalue weighted by atomic mass is 19.1. The number of benzene rings is 1. The molecule has 0 saturated carbocycles. The van der Waals surface area contributed by atoms with Crippen molar-refractivity contribution >= 4 is 29.1 Å². The third-order valence-electron chi connectivity index (χ3n) is 3.45. The lowest BCUT2D eigenvalue weighted by molar-refractivity contribution is -0.116. The predicted molar refractivity (Wildman–Crippen MR) is 106 cm³/mol. The summed E-state index contributed by atoms with van der Waals surface area (Å²) >= 11 is 0. The van der Waals surface area contributed by atoms with Gasteiger partial charge in [-0.3, -0.25) is 9.78 Å². The van der Waals surface area contributed by atoms with Gasteiger partial charge in [0.05, 0.1) is 23.3 Å². The molecule has 1 aromatic heterocycles. The summed E-state index contributed by atoms with van der Waals surface area (Å²) in [7, 11) is 0. The van der Waals surface area contributed by atoms with Crippen molar-refractivity contribution < 1.29 is 18.7 Å². The van der Waals surface area contributed by atoms with Gasteiger partial charge in [0, 0.05) is 19.2 Å². The third kappa shape index (κ3) is 7.61. The van der Waals surface area contributed by atoms with Crippen LogP contribution in [0, 0.1) is 5.82 Å². The summed E-state index contributed by atoms with van der Waals surface area (Å²) in [5.74, 6) is -0.669. The number of aromatic nitrogens is 1. The lowest BCUT2D eigenvalue weighted by Gasteiger charge is -2.19. The van der Waals surface area contributed by atoms with Crippen molar-refractivity contribution in [3.05, 3.63) is 48.5 Å². The zero-order valence-corrected chi connectivity index (χ0v) is 16.2. The molecule has 0 unspecified atom stereocenters. The van der Waals surface area contributed by atoms with Crippen LogP contribution in [0.25, 0.3) is 0 Å². The molecule has 7 nitrogen and oxygen atoms in total. The largest absolute Gasteiger partial charge is 0.444 e. The average molecular weight is 388 g/mol. The first kappa shape index (κ1) is 21.1. The van der Waals surface area contributed by atoms with E-state index in [9.17, 15) is 14.0 Å². The standard InChI is InChI=1S/C20H25FN4O3/c1-20(2,3)28-19(27)23-11-5-7-18(26)25-16-9-8-14(21)12-17(16)24-15-6-4-10-22-13-15/h4,6,8-10,12-13,24H,5,7,11H2,1-3H3,(H,23,27)(H,25,26). The number of alkyl carbamates (subject to hydrolysis) is 1. The zero-order chi connectivity index (χ0) is 20.6. The summed E-state index contributed by atoms with van der Waals surface area (Å²) < 4.78 is 18.7. The SMILES string of the molecule is CC(C)(C)OC(=O)NCCCC(=O)Nc1ccc(F)cc1Nc1cccnc1. The molecule has 0 atom stereocenters. The molecule has 28 heavy (non-hydrogen) atoms. The van der Waals surface area contributed by atoms with Crippen LogP contribution in [0.2, 0.25) is 0 Å². The van der Waals surface area contributed by atoms with Gasteiger partial charge < -0.3 is 20.7 Å². The normalized spacial score (nSPS) is 10.9. The zero-order valence-electron chi connectivity index (χ0n) is 16.2. The molecule has 2 rings (SSSR count). The van der Waals surface area contributed by atoms with Gasteiger partial charge in [-0.1, -0.05) is 0 Å². The Labute approximate surface area is 163 Å². The number of pyridine rings is 1. The Morgan fingerprint density at radius 3 is 2.64 bits per heavy atom. The second-order valence-corrected chi connectivity index (χ2v) is 7.14. The Balaban J connectivity index is 1.85. The molecule has 2 amide bonds. The quantitative estimate of drug-likeness (QED) is 0.618. The predicted octanol–water partition coefficient (Wildman–Crippen LogP) is 4.21. The first-order valence-corrected chi connectivity index (χ1v) is 8.96. The molecule has 0 radical (unpaired) electrons. The van der Waals surface area contributed by atoms with E-state index in [1.165, 1.54) is 18.2 Å². The number of nitrogens with zero attached hydrogens (tertiary/aromatic N) is 1. The van der Waals surface area contributed by atoms with E-state index in [0.29, 0.717) is 30.0 Å². The molecule has 0 fully saturated rings. The van der Waals surface area contributed by atoms with Crippen LogP contribution in [-0.2, 0) is 9.53 Å². The maximum Gasteiger partial charge on any atom is 0.407 e. The van der Waals surface area contributed by atoms with Crippen LogP contribution in [-0.4, -0.2) is 29.1 Å². The number of ether oxygens (including phenoxy) is 1. The van der Waals surface area contributed by atoms with Crippen molar-refractivity contribution in [3.8, 4) is 0 Å². The number of hydrogen-bond donors (Lipinski definition) is 3. The highest BCUT2D eigenvalue weighted by Gasteiger charge is 2.15. The second-order valence-electron chi connectivity index (χ2n) is 7.14. The molecule has 3 N–H and O–H groups in total. The van der Waals surface area contributed by atoms with Gasteiger partial charge in [-0.25, -0.2) is 9.18 Å². The number of nitrogens with one attached hydrogen (secondary N) is 3. The highest BCUT2D eigenvalue weighted by Crippen LogP contribution is 2.26. The van der Waals surface area contributed by atoms with Crippen LogP contribution < -0.4 is 16.0 Å². The van der Waals surface area contributed by atoms with Crippen LogP contribution in [0.5, 0.6) is 0 Å². The van der Waals surface area contributed by atoms with Gasteiger partial charge in [0.25, 0.3) is 0 Å². The van der Waals surface area contributed by atoms with E-state index in [0.717, 1.165) is 0 Å². The van der Waals surface area contributed by atoms with E-state index in [2.05, 4.69) is 20.9 Å². The molecule has 0 saturated heterocycles. The minimum absolute atomic E-state index is 0.194. The Morgan fingerprint density at radius 1 is 1.18 bits per heavy atom. The van der Waals surface area contributed by atoms with Crippen LogP contribution in [0.1, 0.15) is 33.6 Å². The number of rotatable bonds is 7. The van der Waals surface area contributed by atoms with Gasteiger partial charge in [-0.05, 0) is 57.5 Å². The number of anilines is 3. The van der Waals surface area contributed by atoms with Crippen molar-refractivity contribution in [1.29, 1.82) is 0 Å².